The van der Waals surface area contributed by atoms with E-state index in [1.807, 2.05) is 10.6 Å². The maximum Gasteiger partial charge on any atom is 0.144 e. The van der Waals surface area contributed by atoms with Gasteiger partial charge in [-0.25, -0.2) is 14.4 Å². The number of benzene rings is 1. The first-order valence-corrected chi connectivity index (χ1v) is 9.33. The van der Waals surface area contributed by atoms with Crippen molar-refractivity contribution in [3.05, 3.63) is 64.7 Å². The average Bonchev–Trinajstić information content (AvgIpc) is 3.24. The van der Waals surface area contributed by atoms with E-state index < -0.39 is 12.5 Å². The number of alkyl halides is 1. The monoisotopic (exact) mass is 421 g/mol. The average molecular weight is 422 g/mol. The summed E-state index contributed by atoms with van der Waals surface area (Å²) in [4.78, 5) is 12.8. The lowest BCUT2D eigenvalue weighted by atomic mass is 10.2. The highest BCUT2D eigenvalue weighted by Gasteiger charge is 2.16. The summed E-state index contributed by atoms with van der Waals surface area (Å²) in [6.45, 7) is 0.415. The summed E-state index contributed by atoms with van der Waals surface area (Å²) in [5.74, 6) is 0.0358. The van der Waals surface area contributed by atoms with E-state index in [0.717, 1.165) is 11.1 Å². The standard InChI is InChI=1S/C19H15Cl2F2N5/c20-14-5-17-16(6-15(14)23)26-19(28(17)3-1-2-22)13-4-12(7-24-8-13)10-27-11-25-9-18(27)21/h4-9,11H,1-3,10H2. The molecular weight excluding hydrogens is 407 g/mol. The zero-order valence-corrected chi connectivity index (χ0v) is 16.1. The van der Waals surface area contributed by atoms with Crippen molar-refractivity contribution in [1.29, 1.82) is 0 Å². The highest BCUT2D eigenvalue weighted by atomic mass is 35.5. The number of aromatic nitrogens is 5. The van der Waals surface area contributed by atoms with Gasteiger partial charge in [0.1, 0.15) is 16.8 Å². The van der Waals surface area contributed by atoms with Crippen LogP contribution in [0, 0.1) is 5.82 Å². The van der Waals surface area contributed by atoms with E-state index in [0.29, 0.717) is 41.5 Å². The fourth-order valence-corrected chi connectivity index (χ4v) is 3.42. The smallest absolute Gasteiger partial charge is 0.144 e. The third kappa shape index (κ3) is 3.59. The minimum atomic E-state index is -0.544. The predicted octanol–water partition coefficient (Wildman–Crippen LogP) is 5.15. The Kier molecular flexibility index (Phi) is 5.28. The Bertz CT molecular complexity index is 1140. The van der Waals surface area contributed by atoms with Crippen LogP contribution in [0.25, 0.3) is 22.4 Å². The van der Waals surface area contributed by atoms with E-state index in [9.17, 15) is 8.78 Å². The number of hydrogen-bond acceptors (Lipinski definition) is 3. The van der Waals surface area contributed by atoms with Gasteiger partial charge in [-0.2, -0.15) is 0 Å². The number of aryl methyl sites for hydroxylation is 1. The van der Waals surface area contributed by atoms with E-state index in [2.05, 4.69) is 15.0 Å². The number of pyridine rings is 1. The summed E-state index contributed by atoms with van der Waals surface area (Å²) in [6, 6.07) is 4.73. The topological polar surface area (TPSA) is 48.5 Å². The van der Waals surface area contributed by atoms with Crippen LogP contribution in [0.15, 0.2) is 43.1 Å². The Morgan fingerprint density at radius 1 is 1.04 bits per heavy atom. The van der Waals surface area contributed by atoms with Gasteiger partial charge in [0.2, 0.25) is 0 Å². The molecule has 0 fully saturated rings. The lowest BCUT2D eigenvalue weighted by Crippen LogP contribution is -2.03. The molecule has 0 N–H and O–H groups in total. The van der Waals surface area contributed by atoms with Crippen molar-refractivity contribution in [2.75, 3.05) is 6.67 Å². The molecule has 28 heavy (non-hydrogen) atoms. The van der Waals surface area contributed by atoms with Crippen molar-refractivity contribution < 1.29 is 8.78 Å². The molecule has 0 radical (unpaired) electrons. The van der Waals surface area contributed by atoms with Crippen LogP contribution in [0.5, 0.6) is 0 Å². The molecule has 0 saturated heterocycles. The Morgan fingerprint density at radius 3 is 2.64 bits per heavy atom. The third-order valence-corrected chi connectivity index (χ3v) is 4.98. The number of rotatable bonds is 6. The maximum atomic E-state index is 13.9. The first kappa shape index (κ1) is 18.8. The van der Waals surface area contributed by atoms with Gasteiger partial charge in [0, 0.05) is 30.6 Å². The number of imidazole rings is 2. The number of nitrogens with zero attached hydrogens (tertiary/aromatic N) is 5. The summed E-state index contributed by atoms with van der Waals surface area (Å²) in [5.41, 5.74) is 2.74. The molecule has 4 aromatic rings. The van der Waals surface area contributed by atoms with Crippen molar-refractivity contribution in [2.45, 2.75) is 19.5 Å². The van der Waals surface area contributed by atoms with Crippen LogP contribution in [0.3, 0.4) is 0 Å². The summed E-state index contributed by atoms with van der Waals surface area (Å²) in [5, 5.41) is 0.521. The second-order valence-corrected chi connectivity index (χ2v) is 7.11. The lowest BCUT2D eigenvalue weighted by Gasteiger charge is -2.10. The quantitative estimate of drug-likeness (QED) is 0.432. The van der Waals surface area contributed by atoms with Gasteiger partial charge in [-0.15, -0.1) is 0 Å². The number of fused-ring (bicyclic) bond motifs is 1. The molecule has 3 aromatic heterocycles. The lowest BCUT2D eigenvalue weighted by molar-refractivity contribution is 0.450. The van der Waals surface area contributed by atoms with Crippen molar-refractivity contribution in [3.63, 3.8) is 0 Å². The summed E-state index contributed by atoms with van der Waals surface area (Å²) < 4.78 is 30.3. The number of hydrogen-bond donors (Lipinski definition) is 0. The largest absolute Gasteiger partial charge is 0.324 e. The van der Waals surface area contributed by atoms with E-state index in [4.69, 9.17) is 23.2 Å². The van der Waals surface area contributed by atoms with E-state index in [1.165, 1.54) is 12.1 Å². The molecule has 0 bridgehead atoms. The van der Waals surface area contributed by atoms with Crippen molar-refractivity contribution in [1.82, 2.24) is 24.1 Å². The van der Waals surface area contributed by atoms with Crippen LogP contribution in [-0.4, -0.2) is 30.8 Å². The molecule has 5 nitrogen and oxygen atoms in total. The summed E-state index contributed by atoms with van der Waals surface area (Å²) in [7, 11) is 0. The third-order valence-electron chi connectivity index (χ3n) is 4.37. The summed E-state index contributed by atoms with van der Waals surface area (Å²) >= 11 is 12.0. The van der Waals surface area contributed by atoms with Gasteiger partial charge >= 0.3 is 0 Å². The molecule has 0 unspecified atom stereocenters. The van der Waals surface area contributed by atoms with Crippen LogP contribution in [0.2, 0.25) is 10.2 Å². The molecule has 0 aliphatic rings. The van der Waals surface area contributed by atoms with E-state index in [-0.39, 0.29) is 5.02 Å². The first-order valence-electron chi connectivity index (χ1n) is 8.58. The zero-order valence-electron chi connectivity index (χ0n) is 14.6. The van der Waals surface area contributed by atoms with Crippen molar-refractivity contribution in [2.24, 2.45) is 0 Å². The highest BCUT2D eigenvalue weighted by molar-refractivity contribution is 6.31. The molecule has 0 saturated carbocycles. The molecule has 0 aliphatic carbocycles. The van der Waals surface area contributed by atoms with Crippen molar-refractivity contribution in [3.8, 4) is 11.4 Å². The molecule has 9 heteroatoms. The summed E-state index contributed by atoms with van der Waals surface area (Å²) in [6.07, 6.45) is 6.91. The predicted molar refractivity (Wildman–Crippen MR) is 105 cm³/mol. The Labute approximate surface area is 169 Å². The first-order chi connectivity index (χ1) is 13.6. The van der Waals surface area contributed by atoms with Crippen molar-refractivity contribution >= 4 is 34.2 Å². The minimum Gasteiger partial charge on any atom is -0.324 e. The molecule has 0 aliphatic heterocycles. The van der Waals surface area contributed by atoms with Crippen LogP contribution >= 0.6 is 23.2 Å². The molecular formula is C19H15Cl2F2N5. The van der Waals surface area contributed by atoms with Gasteiger partial charge in [0.05, 0.1) is 41.8 Å². The molecule has 0 amide bonds. The Balaban J connectivity index is 1.79. The second-order valence-electron chi connectivity index (χ2n) is 6.31. The van der Waals surface area contributed by atoms with Crippen LogP contribution in [0.1, 0.15) is 12.0 Å². The van der Waals surface area contributed by atoms with Gasteiger partial charge in [0.15, 0.2) is 0 Å². The normalized spacial score (nSPS) is 11.4. The van der Waals surface area contributed by atoms with E-state index >= 15 is 0 Å². The fraction of sp³-hybridized carbons (Fsp3) is 0.211. The Hall–Kier alpha value is -2.51. The van der Waals surface area contributed by atoms with Crippen LogP contribution in [-0.2, 0) is 13.1 Å². The van der Waals surface area contributed by atoms with Crippen LogP contribution < -0.4 is 0 Å². The van der Waals surface area contributed by atoms with Gasteiger partial charge in [-0.1, -0.05) is 23.2 Å². The highest BCUT2D eigenvalue weighted by Crippen LogP contribution is 2.29. The zero-order chi connectivity index (χ0) is 19.7. The minimum absolute atomic E-state index is 0.00192. The van der Waals surface area contributed by atoms with Gasteiger partial charge < -0.3 is 9.13 Å². The molecule has 1 aromatic carbocycles. The second kappa shape index (κ2) is 7.85. The molecule has 144 valence electrons. The molecule has 3 heterocycles. The van der Waals surface area contributed by atoms with E-state index in [1.54, 1.807) is 29.5 Å². The molecule has 0 atom stereocenters. The maximum absolute atomic E-state index is 13.9. The van der Waals surface area contributed by atoms with Crippen LogP contribution in [0.4, 0.5) is 8.78 Å². The van der Waals surface area contributed by atoms with Gasteiger partial charge in [-0.3, -0.25) is 9.37 Å². The number of halogens is 4. The van der Waals surface area contributed by atoms with Gasteiger partial charge in [-0.05, 0) is 24.1 Å². The van der Waals surface area contributed by atoms with Gasteiger partial charge in [0.25, 0.3) is 0 Å². The molecule has 0 spiro atoms. The Morgan fingerprint density at radius 2 is 1.89 bits per heavy atom. The molecule has 4 rings (SSSR count). The fourth-order valence-electron chi connectivity index (χ4n) is 3.10. The SMILES string of the molecule is FCCCn1c(-c2cncc(Cn3cncc3Cl)c2)nc2cc(F)c(Cl)cc21.